The van der Waals surface area contributed by atoms with Gasteiger partial charge in [0, 0.05) is 35.1 Å². The molecule has 1 amide bonds. The summed E-state index contributed by atoms with van der Waals surface area (Å²) in [5.41, 5.74) is -0.152. The fourth-order valence-electron chi connectivity index (χ4n) is 3.15. The average molecular weight is 310 g/mol. The molecule has 1 rings (SSSR count). The number of halogens is 1. The summed E-state index contributed by atoms with van der Waals surface area (Å²) in [4.78, 5) is 13.9. The van der Waals surface area contributed by atoms with Gasteiger partial charge in [-0.15, -0.1) is 0 Å². The van der Waals surface area contributed by atoms with Gasteiger partial charge >= 0.3 is 0 Å². The number of likely N-dealkylation sites (tertiary alicyclic amines) is 1. The van der Waals surface area contributed by atoms with E-state index in [1.54, 1.807) is 0 Å². The molecular formula is C13H24ClNO3S. The molecule has 6 heteroatoms. The molecule has 0 aromatic carbocycles. The fraction of sp³-hybridized carbons (Fsp3) is 0.923. The van der Waals surface area contributed by atoms with Gasteiger partial charge in [0.05, 0.1) is 5.75 Å². The van der Waals surface area contributed by atoms with E-state index >= 15 is 0 Å². The molecular weight excluding hydrogens is 286 g/mol. The van der Waals surface area contributed by atoms with Crippen molar-refractivity contribution < 1.29 is 13.2 Å². The smallest absolute Gasteiger partial charge is 0.232 e. The number of nitrogens with zero attached hydrogens (tertiary/aromatic N) is 1. The van der Waals surface area contributed by atoms with E-state index in [1.807, 2.05) is 18.7 Å². The summed E-state index contributed by atoms with van der Waals surface area (Å²) in [6.45, 7) is 11.0. The van der Waals surface area contributed by atoms with Crippen molar-refractivity contribution in [2.24, 2.45) is 11.3 Å². The molecule has 1 atom stereocenters. The molecule has 1 aliphatic heterocycles. The van der Waals surface area contributed by atoms with Gasteiger partial charge in [0.25, 0.3) is 0 Å². The second-order valence-electron chi connectivity index (χ2n) is 7.33. The quantitative estimate of drug-likeness (QED) is 0.750. The van der Waals surface area contributed by atoms with E-state index in [0.717, 1.165) is 6.42 Å². The van der Waals surface area contributed by atoms with Crippen LogP contribution in [-0.4, -0.2) is 37.1 Å². The van der Waals surface area contributed by atoms with E-state index in [0.29, 0.717) is 6.54 Å². The molecule has 0 spiro atoms. The molecule has 4 nitrogen and oxygen atoms in total. The van der Waals surface area contributed by atoms with Crippen LogP contribution in [0.15, 0.2) is 0 Å². The zero-order chi connectivity index (χ0) is 15.1. The molecule has 1 fully saturated rings. The number of hydrogen-bond acceptors (Lipinski definition) is 3. The minimum Gasteiger partial charge on any atom is -0.337 e. The van der Waals surface area contributed by atoms with E-state index < -0.39 is 9.05 Å². The van der Waals surface area contributed by atoms with Crippen LogP contribution in [-0.2, 0) is 13.8 Å². The highest BCUT2D eigenvalue weighted by Gasteiger charge is 2.41. The highest BCUT2D eigenvalue weighted by atomic mass is 35.7. The number of amides is 1. The molecule has 19 heavy (non-hydrogen) atoms. The van der Waals surface area contributed by atoms with Crippen LogP contribution < -0.4 is 0 Å². The molecule has 1 aliphatic rings. The second kappa shape index (κ2) is 5.24. The monoisotopic (exact) mass is 309 g/mol. The predicted molar refractivity (Wildman–Crippen MR) is 77.6 cm³/mol. The summed E-state index contributed by atoms with van der Waals surface area (Å²) in [6.07, 6.45) is 1.14. The van der Waals surface area contributed by atoms with Crippen LogP contribution in [0.25, 0.3) is 0 Å². The molecule has 0 aromatic heterocycles. The first-order valence-electron chi connectivity index (χ1n) is 6.53. The van der Waals surface area contributed by atoms with Crippen molar-refractivity contribution in [2.75, 3.05) is 12.3 Å². The zero-order valence-electron chi connectivity index (χ0n) is 12.4. The summed E-state index contributed by atoms with van der Waals surface area (Å²) in [5, 5.41) is 0. The van der Waals surface area contributed by atoms with Crippen LogP contribution in [0.4, 0.5) is 0 Å². The lowest BCUT2D eigenvalue weighted by Gasteiger charge is -2.40. The molecule has 112 valence electrons. The van der Waals surface area contributed by atoms with Gasteiger partial charge in [0.15, 0.2) is 0 Å². The van der Waals surface area contributed by atoms with Crippen molar-refractivity contribution in [3.63, 3.8) is 0 Å². The van der Waals surface area contributed by atoms with Crippen molar-refractivity contribution in [1.82, 2.24) is 4.90 Å². The van der Waals surface area contributed by atoms with Gasteiger partial charge in [-0.25, -0.2) is 8.42 Å². The molecule has 0 aromatic rings. The summed E-state index contributed by atoms with van der Waals surface area (Å²) < 4.78 is 22.2. The number of carbonyl (C=O) groups excluding carboxylic acids is 1. The molecule has 0 N–H and O–H groups in total. The van der Waals surface area contributed by atoms with E-state index in [-0.39, 0.29) is 35.0 Å². The third kappa shape index (κ3) is 5.30. The van der Waals surface area contributed by atoms with Gasteiger partial charge in [-0.3, -0.25) is 4.79 Å². The number of hydrogen-bond donors (Lipinski definition) is 0. The Labute approximate surface area is 120 Å². The van der Waals surface area contributed by atoms with E-state index in [1.165, 1.54) is 0 Å². The van der Waals surface area contributed by atoms with Gasteiger partial charge in [-0.2, -0.15) is 0 Å². The topological polar surface area (TPSA) is 54.5 Å². The SMILES string of the molecule is CC(C)(C)CC(C)(C)N1CC(CS(=O)(=O)Cl)CC1=O. The molecule has 0 bridgehead atoms. The minimum atomic E-state index is -3.54. The third-order valence-corrected chi connectivity index (χ3v) is 4.58. The minimum absolute atomic E-state index is 0.0274. The maximum Gasteiger partial charge on any atom is 0.232 e. The number of carbonyl (C=O) groups is 1. The highest BCUT2D eigenvalue weighted by molar-refractivity contribution is 8.13. The van der Waals surface area contributed by atoms with Gasteiger partial charge in [-0.1, -0.05) is 20.8 Å². The second-order valence-corrected chi connectivity index (χ2v) is 10.2. The molecule has 0 saturated carbocycles. The van der Waals surface area contributed by atoms with Crippen LogP contribution in [0, 0.1) is 11.3 Å². The lowest BCUT2D eigenvalue weighted by molar-refractivity contribution is -0.133. The largest absolute Gasteiger partial charge is 0.337 e. The van der Waals surface area contributed by atoms with Crippen LogP contribution in [0.2, 0.25) is 0 Å². The lowest BCUT2D eigenvalue weighted by atomic mass is 9.81. The van der Waals surface area contributed by atoms with Gasteiger partial charge in [0.1, 0.15) is 0 Å². The molecule has 1 unspecified atom stereocenters. The highest BCUT2D eigenvalue weighted by Crippen LogP contribution is 2.35. The molecule has 0 radical (unpaired) electrons. The van der Waals surface area contributed by atoms with Crippen molar-refractivity contribution in [3.05, 3.63) is 0 Å². The normalized spacial score (nSPS) is 22.1. The van der Waals surface area contributed by atoms with Gasteiger partial charge in [-0.05, 0) is 25.7 Å². The Morgan fingerprint density at radius 2 is 1.79 bits per heavy atom. The van der Waals surface area contributed by atoms with E-state index in [2.05, 4.69) is 20.8 Å². The lowest BCUT2D eigenvalue weighted by Crippen LogP contribution is -2.47. The van der Waals surface area contributed by atoms with Crippen LogP contribution in [0.3, 0.4) is 0 Å². The summed E-state index contributed by atoms with van der Waals surface area (Å²) in [7, 11) is 1.73. The van der Waals surface area contributed by atoms with Crippen molar-refractivity contribution >= 4 is 25.6 Å². The Kier molecular flexibility index (Phi) is 4.63. The Morgan fingerprint density at radius 3 is 2.21 bits per heavy atom. The maximum atomic E-state index is 12.1. The van der Waals surface area contributed by atoms with E-state index in [9.17, 15) is 13.2 Å². The van der Waals surface area contributed by atoms with Crippen LogP contribution in [0.1, 0.15) is 47.5 Å². The first kappa shape index (κ1) is 16.8. The van der Waals surface area contributed by atoms with Crippen LogP contribution >= 0.6 is 10.7 Å². The predicted octanol–water partition coefficient (Wildman–Crippen LogP) is 2.62. The Hall–Kier alpha value is -0.290. The van der Waals surface area contributed by atoms with Crippen molar-refractivity contribution in [1.29, 1.82) is 0 Å². The Bertz CT molecular complexity index is 451. The molecule has 1 heterocycles. The Balaban J connectivity index is 2.78. The summed E-state index contributed by atoms with van der Waals surface area (Å²) in [5.74, 6) is -0.281. The molecule has 1 saturated heterocycles. The van der Waals surface area contributed by atoms with Gasteiger partial charge < -0.3 is 4.90 Å². The maximum absolute atomic E-state index is 12.1. The van der Waals surface area contributed by atoms with Gasteiger partial charge in [0.2, 0.25) is 15.0 Å². The zero-order valence-corrected chi connectivity index (χ0v) is 13.9. The van der Waals surface area contributed by atoms with Crippen molar-refractivity contribution in [2.45, 2.75) is 53.0 Å². The number of rotatable bonds is 4. The third-order valence-electron chi connectivity index (χ3n) is 3.33. The average Bonchev–Trinajstić information content (AvgIpc) is 2.38. The van der Waals surface area contributed by atoms with Crippen molar-refractivity contribution in [3.8, 4) is 0 Å². The van der Waals surface area contributed by atoms with Crippen LogP contribution in [0.5, 0.6) is 0 Å². The standard InChI is InChI=1S/C13H24ClNO3S/c1-12(2,3)9-13(4,5)15-7-10(6-11(15)16)8-19(14,17)18/h10H,6-9H2,1-5H3. The first-order chi connectivity index (χ1) is 8.30. The fourth-order valence-corrected chi connectivity index (χ4v) is 4.47. The first-order valence-corrected chi connectivity index (χ1v) is 9.01. The summed E-state index contributed by atoms with van der Waals surface area (Å²) >= 11 is 0. The van der Waals surface area contributed by atoms with E-state index in [4.69, 9.17) is 10.7 Å². The molecule has 0 aliphatic carbocycles. The summed E-state index contributed by atoms with van der Waals surface area (Å²) in [6, 6.07) is 0. The Morgan fingerprint density at radius 1 is 1.26 bits per heavy atom.